The lowest BCUT2D eigenvalue weighted by Gasteiger charge is -2.28. The number of rotatable bonds is 7. The van der Waals surface area contributed by atoms with Crippen molar-refractivity contribution in [2.75, 3.05) is 13.1 Å². The van der Waals surface area contributed by atoms with Gasteiger partial charge in [0.1, 0.15) is 4.90 Å². The molecule has 0 atom stereocenters. The van der Waals surface area contributed by atoms with Gasteiger partial charge in [0.05, 0.1) is 5.54 Å². The molecule has 0 spiro atoms. The zero-order valence-corrected chi connectivity index (χ0v) is 13.2. The van der Waals surface area contributed by atoms with Crippen molar-refractivity contribution in [1.82, 2.24) is 15.0 Å². The molecule has 8 heteroatoms. The molecule has 1 aromatic heterocycles. The molecule has 4 N–H and O–H groups in total. The topological polar surface area (TPSA) is 114 Å². The summed E-state index contributed by atoms with van der Waals surface area (Å²) in [6.07, 6.45) is 6.75. The number of hydrogen-bond acceptors (Lipinski definition) is 5. The van der Waals surface area contributed by atoms with E-state index in [-0.39, 0.29) is 29.3 Å². The van der Waals surface area contributed by atoms with Crippen molar-refractivity contribution in [2.45, 2.75) is 42.5 Å². The molecule has 0 aromatic carbocycles. The van der Waals surface area contributed by atoms with E-state index in [9.17, 15) is 13.2 Å². The van der Waals surface area contributed by atoms with Crippen molar-refractivity contribution in [3.63, 3.8) is 0 Å². The first-order valence-electron chi connectivity index (χ1n) is 7.38. The molecule has 1 heterocycles. The first kappa shape index (κ1) is 16.9. The third-order valence-corrected chi connectivity index (χ3v) is 5.39. The van der Waals surface area contributed by atoms with E-state index in [1.807, 2.05) is 0 Å². The van der Waals surface area contributed by atoms with Gasteiger partial charge in [-0.05, 0) is 25.0 Å². The maximum absolute atomic E-state index is 12.0. The van der Waals surface area contributed by atoms with Crippen molar-refractivity contribution >= 4 is 15.9 Å². The lowest BCUT2D eigenvalue weighted by Crippen LogP contribution is -2.52. The van der Waals surface area contributed by atoms with Crippen LogP contribution in [0.2, 0.25) is 0 Å². The molecular formula is C14H22N4O3S. The predicted molar refractivity (Wildman–Crippen MR) is 82.4 cm³/mol. The quantitative estimate of drug-likeness (QED) is 0.659. The van der Waals surface area contributed by atoms with E-state index < -0.39 is 10.0 Å². The molecule has 0 unspecified atom stereocenters. The van der Waals surface area contributed by atoms with E-state index in [1.54, 1.807) is 6.07 Å². The van der Waals surface area contributed by atoms with Gasteiger partial charge in [-0.15, -0.1) is 0 Å². The minimum Gasteiger partial charge on any atom is -0.349 e. The molecule has 0 saturated heterocycles. The maximum Gasteiger partial charge on any atom is 0.242 e. The Bertz CT molecular complexity index is 598. The molecule has 22 heavy (non-hydrogen) atoms. The van der Waals surface area contributed by atoms with Crippen LogP contribution in [0.15, 0.2) is 29.4 Å². The van der Waals surface area contributed by atoms with E-state index in [1.165, 1.54) is 18.5 Å². The fraction of sp³-hybridized carbons (Fsp3) is 0.571. The molecule has 1 aliphatic carbocycles. The van der Waals surface area contributed by atoms with Gasteiger partial charge in [-0.1, -0.05) is 12.8 Å². The molecule has 0 radical (unpaired) electrons. The minimum atomic E-state index is -3.62. The lowest BCUT2D eigenvalue weighted by molar-refractivity contribution is -0.122. The molecule has 0 bridgehead atoms. The highest BCUT2D eigenvalue weighted by atomic mass is 32.2. The van der Waals surface area contributed by atoms with E-state index in [4.69, 9.17) is 5.73 Å². The molecule has 1 aromatic rings. The number of sulfonamides is 1. The Kier molecular flexibility index (Phi) is 5.49. The second kappa shape index (κ2) is 7.17. The average Bonchev–Trinajstić information content (AvgIpc) is 2.97. The molecule has 122 valence electrons. The first-order valence-corrected chi connectivity index (χ1v) is 8.87. The van der Waals surface area contributed by atoms with Gasteiger partial charge in [0.15, 0.2) is 0 Å². The van der Waals surface area contributed by atoms with Crippen molar-refractivity contribution in [1.29, 1.82) is 0 Å². The molecule has 7 nitrogen and oxygen atoms in total. The molecule has 1 fully saturated rings. The second-order valence-corrected chi connectivity index (χ2v) is 7.34. The normalized spacial score (nSPS) is 17.3. The largest absolute Gasteiger partial charge is 0.349 e. The summed E-state index contributed by atoms with van der Waals surface area (Å²) < 4.78 is 26.4. The Morgan fingerprint density at radius 1 is 1.36 bits per heavy atom. The average molecular weight is 326 g/mol. The Morgan fingerprint density at radius 3 is 2.68 bits per heavy atom. The van der Waals surface area contributed by atoms with Crippen LogP contribution in [0.5, 0.6) is 0 Å². The minimum absolute atomic E-state index is 0.0453. The predicted octanol–water partition coefficient (Wildman–Crippen LogP) is 0.138. The molecule has 1 aliphatic rings. The summed E-state index contributed by atoms with van der Waals surface area (Å²) >= 11 is 0. The molecule has 1 saturated carbocycles. The smallest absolute Gasteiger partial charge is 0.242 e. The van der Waals surface area contributed by atoms with Crippen molar-refractivity contribution in [3.05, 3.63) is 24.5 Å². The van der Waals surface area contributed by atoms with Gasteiger partial charge in [0, 0.05) is 31.9 Å². The number of amides is 1. The van der Waals surface area contributed by atoms with Crippen LogP contribution < -0.4 is 15.8 Å². The van der Waals surface area contributed by atoms with Gasteiger partial charge in [-0.3, -0.25) is 9.78 Å². The molecule has 0 aliphatic heterocycles. The molecular weight excluding hydrogens is 304 g/mol. The standard InChI is InChI=1S/C14H22N4O3S/c15-11-14(6-1-2-7-14)18-13(19)5-9-17-22(20,21)12-4-3-8-16-10-12/h3-4,8,10,17H,1-2,5-7,9,11,15H2,(H,18,19). The monoisotopic (exact) mass is 326 g/mol. The lowest BCUT2D eigenvalue weighted by atomic mass is 9.97. The Morgan fingerprint density at radius 2 is 2.09 bits per heavy atom. The summed E-state index contributed by atoms with van der Waals surface area (Å²) in [5.41, 5.74) is 5.45. The van der Waals surface area contributed by atoms with E-state index in [0.29, 0.717) is 6.54 Å². The van der Waals surface area contributed by atoms with Crippen molar-refractivity contribution < 1.29 is 13.2 Å². The van der Waals surface area contributed by atoms with Gasteiger partial charge in [0.2, 0.25) is 15.9 Å². The van der Waals surface area contributed by atoms with Crippen LogP contribution >= 0.6 is 0 Å². The fourth-order valence-electron chi connectivity index (χ4n) is 2.68. The highest BCUT2D eigenvalue weighted by Crippen LogP contribution is 2.28. The van der Waals surface area contributed by atoms with Crippen LogP contribution in [0.25, 0.3) is 0 Å². The Hall–Kier alpha value is -1.51. The Balaban J connectivity index is 1.82. The van der Waals surface area contributed by atoms with Crippen LogP contribution in [0, 0.1) is 0 Å². The highest BCUT2D eigenvalue weighted by Gasteiger charge is 2.33. The maximum atomic E-state index is 12.0. The van der Waals surface area contributed by atoms with Crippen LogP contribution in [-0.2, 0) is 14.8 Å². The van der Waals surface area contributed by atoms with Crippen LogP contribution in [0.3, 0.4) is 0 Å². The van der Waals surface area contributed by atoms with Gasteiger partial charge >= 0.3 is 0 Å². The third kappa shape index (κ3) is 4.25. The number of pyridine rings is 1. The third-order valence-electron chi connectivity index (χ3n) is 3.94. The summed E-state index contributed by atoms with van der Waals surface area (Å²) in [5.74, 6) is -0.179. The number of nitrogens with zero attached hydrogens (tertiary/aromatic N) is 1. The number of nitrogens with two attached hydrogens (primary N) is 1. The second-order valence-electron chi connectivity index (χ2n) is 5.58. The number of aromatic nitrogens is 1. The number of hydrogen-bond donors (Lipinski definition) is 3. The van der Waals surface area contributed by atoms with Crippen LogP contribution in [-0.4, -0.2) is 37.9 Å². The fourth-order valence-corrected chi connectivity index (χ4v) is 3.67. The van der Waals surface area contributed by atoms with Gasteiger partial charge in [-0.2, -0.15) is 0 Å². The summed E-state index contributed by atoms with van der Waals surface area (Å²) in [5, 5.41) is 2.96. The van der Waals surface area contributed by atoms with E-state index in [0.717, 1.165) is 25.7 Å². The van der Waals surface area contributed by atoms with Gasteiger partial charge in [-0.25, -0.2) is 13.1 Å². The number of carbonyl (C=O) groups is 1. The number of carbonyl (C=O) groups excluding carboxylic acids is 1. The first-order chi connectivity index (χ1) is 10.5. The Labute approximate surface area is 130 Å². The van der Waals surface area contributed by atoms with Gasteiger partial charge < -0.3 is 11.1 Å². The van der Waals surface area contributed by atoms with Gasteiger partial charge in [0.25, 0.3) is 0 Å². The highest BCUT2D eigenvalue weighted by molar-refractivity contribution is 7.89. The van der Waals surface area contributed by atoms with Crippen LogP contribution in [0.4, 0.5) is 0 Å². The molecule has 1 amide bonds. The molecule has 2 rings (SSSR count). The van der Waals surface area contributed by atoms with Crippen molar-refractivity contribution in [3.8, 4) is 0 Å². The van der Waals surface area contributed by atoms with E-state index >= 15 is 0 Å². The van der Waals surface area contributed by atoms with Crippen LogP contribution in [0.1, 0.15) is 32.1 Å². The summed E-state index contributed by atoms with van der Waals surface area (Å²) in [6.45, 7) is 0.462. The zero-order chi connectivity index (χ0) is 16.1. The zero-order valence-electron chi connectivity index (χ0n) is 12.4. The summed E-state index contributed by atoms with van der Waals surface area (Å²) in [7, 11) is -3.62. The SMILES string of the molecule is NCC1(NC(=O)CCNS(=O)(=O)c2cccnc2)CCCC1. The van der Waals surface area contributed by atoms with Crippen molar-refractivity contribution in [2.24, 2.45) is 5.73 Å². The van der Waals surface area contributed by atoms with E-state index in [2.05, 4.69) is 15.0 Å². The summed E-state index contributed by atoms with van der Waals surface area (Å²) in [4.78, 5) is 15.8. The number of nitrogens with one attached hydrogen (secondary N) is 2. The summed E-state index contributed by atoms with van der Waals surface area (Å²) in [6, 6.07) is 3.00.